The number of carboxylic acids is 1. The monoisotopic (exact) mass is 180 g/mol. The Labute approximate surface area is 78.6 Å². The van der Waals surface area contributed by atoms with Crippen LogP contribution in [0.3, 0.4) is 0 Å². The van der Waals surface area contributed by atoms with Gasteiger partial charge in [-0.2, -0.15) is 0 Å². The number of hydrogen-bond acceptors (Lipinski definition) is 1. The van der Waals surface area contributed by atoms with E-state index in [2.05, 4.69) is 12.2 Å². The Balaban J connectivity index is 2.27. The molecule has 0 radical (unpaired) electrons. The lowest BCUT2D eigenvalue weighted by atomic mass is 9.61. The number of fused-ring (bicyclic) bond motifs is 1. The molecule has 0 spiro atoms. The summed E-state index contributed by atoms with van der Waals surface area (Å²) in [6.45, 7) is 0. The van der Waals surface area contributed by atoms with Crippen molar-refractivity contribution in [3.8, 4) is 0 Å². The number of carbonyl (C=O) groups is 1. The number of rotatable bonds is 1. The maximum atomic E-state index is 11.3. The quantitative estimate of drug-likeness (QED) is 0.630. The molecule has 0 heterocycles. The largest absolute Gasteiger partial charge is 0.481 e. The first-order valence-electron chi connectivity index (χ1n) is 5.14. The molecule has 0 aromatic rings. The molecule has 2 heteroatoms. The highest BCUT2D eigenvalue weighted by Crippen LogP contribution is 2.48. The molecule has 2 aliphatic rings. The van der Waals surface area contributed by atoms with Gasteiger partial charge in [0.2, 0.25) is 0 Å². The molecule has 0 aromatic heterocycles. The van der Waals surface area contributed by atoms with Crippen molar-refractivity contribution in [3.63, 3.8) is 0 Å². The van der Waals surface area contributed by atoms with Crippen LogP contribution in [0.4, 0.5) is 0 Å². The van der Waals surface area contributed by atoms with Gasteiger partial charge in [-0.05, 0) is 31.6 Å². The fourth-order valence-corrected chi connectivity index (χ4v) is 2.85. The van der Waals surface area contributed by atoms with Crippen LogP contribution in [0.5, 0.6) is 0 Å². The van der Waals surface area contributed by atoms with E-state index in [0.717, 1.165) is 32.1 Å². The van der Waals surface area contributed by atoms with Gasteiger partial charge in [-0.3, -0.25) is 4.79 Å². The lowest BCUT2D eigenvalue weighted by Crippen LogP contribution is -2.41. The van der Waals surface area contributed by atoms with Gasteiger partial charge < -0.3 is 5.11 Å². The SMILES string of the molecule is O=C(O)[C@]12CC=CC[C@H]1CCCC2. The second-order valence-electron chi connectivity index (χ2n) is 4.32. The van der Waals surface area contributed by atoms with Gasteiger partial charge in [0, 0.05) is 0 Å². The Bertz CT molecular complexity index is 244. The average molecular weight is 180 g/mol. The van der Waals surface area contributed by atoms with Crippen LogP contribution in [0.1, 0.15) is 38.5 Å². The summed E-state index contributed by atoms with van der Waals surface area (Å²) in [5.74, 6) is -0.162. The molecule has 0 aliphatic heterocycles. The van der Waals surface area contributed by atoms with Crippen molar-refractivity contribution in [2.24, 2.45) is 11.3 Å². The molecule has 72 valence electrons. The van der Waals surface area contributed by atoms with Crippen molar-refractivity contribution >= 4 is 5.97 Å². The highest BCUT2D eigenvalue weighted by molar-refractivity contribution is 5.75. The van der Waals surface area contributed by atoms with Crippen molar-refractivity contribution < 1.29 is 9.90 Å². The van der Waals surface area contributed by atoms with Gasteiger partial charge in [0.25, 0.3) is 0 Å². The summed E-state index contributed by atoms with van der Waals surface area (Å²) in [5.41, 5.74) is -0.396. The standard InChI is InChI=1S/C11H16O2/c12-10(13)11-7-3-1-5-9(11)6-2-4-8-11/h1,3,9H,2,4-8H2,(H,12,13)/t9-,11-/m0/s1. The van der Waals surface area contributed by atoms with Crippen molar-refractivity contribution in [2.75, 3.05) is 0 Å². The van der Waals surface area contributed by atoms with Crippen LogP contribution in [-0.2, 0) is 4.79 Å². The minimum atomic E-state index is -0.568. The van der Waals surface area contributed by atoms with Crippen LogP contribution in [0.2, 0.25) is 0 Å². The van der Waals surface area contributed by atoms with E-state index >= 15 is 0 Å². The molecule has 1 fully saturated rings. The van der Waals surface area contributed by atoms with Crippen LogP contribution in [0.15, 0.2) is 12.2 Å². The fraction of sp³-hybridized carbons (Fsp3) is 0.727. The topological polar surface area (TPSA) is 37.3 Å². The van der Waals surface area contributed by atoms with Crippen LogP contribution >= 0.6 is 0 Å². The smallest absolute Gasteiger partial charge is 0.310 e. The molecule has 0 unspecified atom stereocenters. The first-order valence-corrected chi connectivity index (χ1v) is 5.14. The second-order valence-corrected chi connectivity index (χ2v) is 4.32. The highest BCUT2D eigenvalue weighted by atomic mass is 16.4. The van der Waals surface area contributed by atoms with Crippen molar-refractivity contribution in [3.05, 3.63) is 12.2 Å². The van der Waals surface area contributed by atoms with E-state index in [1.54, 1.807) is 0 Å². The van der Waals surface area contributed by atoms with Gasteiger partial charge in [0.1, 0.15) is 0 Å². The van der Waals surface area contributed by atoms with Crippen LogP contribution in [0.25, 0.3) is 0 Å². The molecule has 2 aliphatic carbocycles. The number of carboxylic acid groups (broad SMARTS) is 1. The average Bonchev–Trinajstić information content (AvgIpc) is 2.17. The van der Waals surface area contributed by atoms with Gasteiger partial charge in [-0.15, -0.1) is 0 Å². The van der Waals surface area contributed by atoms with Gasteiger partial charge in [-0.25, -0.2) is 0 Å². The molecular formula is C11H16O2. The Morgan fingerprint density at radius 3 is 2.92 bits per heavy atom. The zero-order chi connectivity index (χ0) is 9.31. The summed E-state index contributed by atoms with van der Waals surface area (Å²) in [6.07, 6.45) is 10.2. The zero-order valence-electron chi connectivity index (χ0n) is 7.83. The third-order valence-electron chi connectivity index (χ3n) is 3.70. The summed E-state index contributed by atoms with van der Waals surface area (Å²) in [5, 5.41) is 9.29. The molecule has 13 heavy (non-hydrogen) atoms. The molecule has 1 saturated carbocycles. The molecule has 0 amide bonds. The molecule has 1 N–H and O–H groups in total. The summed E-state index contributed by atoms with van der Waals surface area (Å²) in [7, 11) is 0. The van der Waals surface area contributed by atoms with Gasteiger partial charge in [-0.1, -0.05) is 25.0 Å². The van der Waals surface area contributed by atoms with E-state index in [4.69, 9.17) is 0 Å². The maximum Gasteiger partial charge on any atom is 0.310 e. The molecular weight excluding hydrogens is 164 g/mol. The van der Waals surface area contributed by atoms with Gasteiger partial charge in [0.15, 0.2) is 0 Å². The van der Waals surface area contributed by atoms with Crippen LogP contribution in [-0.4, -0.2) is 11.1 Å². The normalized spacial score (nSPS) is 38.3. The fourth-order valence-electron chi connectivity index (χ4n) is 2.85. The number of hydrogen-bond donors (Lipinski definition) is 1. The lowest BCUT2D eigenvalue weighted by molar-refractivity contribution is -0.155. The van der Waals surface area contributed by atoms with E-state index in [0.29, 0.717) is 5.92 Å². The Morgan fingerprint density at radius 1 is 1.38 bits per heavy atom. The van der Waals surface area contributed by atoms with Crippen LogP contribution < -0.4 is 0 Å². The maximum absolute atomic E-state index is 11.3. The lowest BCUT2D eigenvalue weighted by Gasteiger charge is -2.42. The van der Waals surface area contributed by atoms with Crippen molar-refractivity contribution in [1.82, 2.24) is 0 Å². The zero-order valence-corrected chi connectivity index (χ0v) is 7.83. The van der Waals surface area contributed by atoms with Crippen molar-refractivity contribution in [1.29, 1.82) is 0 Å². The summed E-state index contributed by atoms with van der Waals surface area (Å²) < 4.78 is 0. The van der Waals surface area contributed by atoms with E-state index in [-0.39, 0.29) is 0 Å². The Morgan fingerprint density at radius 2 is 2.23 bits per heavy atom. The summed E-state index contributed by atoms with van der Waals surface area (Å²) >= 11 is 0. The molecule has 0 saturated heterocycles. The first-order chi connectivity index (χ1) is 6.26. The first kappa shape index (κ1) is 8.79. The third kappa shape index (κ3) is 1.28. The third-order valence-corrected chi connectivity index (χ3v) is 3.70. The molecule has 2 rings (SSSR count). The molecule has 0 aromatic carbocycles. The van der Waals surface area contributed by atoms with E-state index in [1.807, 2.05) is 0 Å². The predicted octanol–water partition coefficient (Wildman–Crippen LogP) is 2.60. The van der Waals surface area contributed by atoms with Gasteiger partial charge in [0.05, 0.1) is 5.41 Å². The van der Waals surface area contributed by atoms with Crippen LogP contribution in [0, 0.1) is 11.3 Å². The second kappa shape index (κ2) is 3.17. The Hall–Kier alpha value is -0.790. The van der Waals surface area contributed by atoms with Gasteiger partial charge >= 0.3 is 5.97 Å². The minimum Gasteiger partial charge on any atom is -0.481 e. The molecule has 0 bridgehead atoms. The summed E-state index contributed by atoms with van der Waals surface area (Å²) in [4.78, 5) is 11.3. The number of allylic oxidation sites excluding steroid dienone is 2. The van der Waals surface area contributed by atoms with E-state index in [1.165, 1.54) is 6.42 Å². The number of aliphatic carboxylic acids is 1. The molecule has 2 atom stereocenters. The van der Waals surface area contributed by atoms with E-state index < -0.39 is 11.4 Å². The summed E-state index contributed by atoms with van der Waals surface area (Å²) in [6, 6.07) is 0. The minimum absolute atomic E-state index is 0.396. The van der Waals surface area contributed by atoms with E-state index in [9.17, 15) is 9.90 Å². The Kier molecular flexibility index (Phi) is 2.14. The molecule has 2 nitrogen and oxygen atoms in total. The van der Waals surface area contributed by atoms with Crippen molar-refractivity contribution in [2.45, 2.75) is 38.5 Å². The highest BCUT2D eigenvalue weighted by Gasteiger charge is 2.46. The predicted molar refractivity (Wildman–Crippen MR) is 50.4 cm³/mol.